The number of aliphatic carboxylic acids is 1. The predicted molar refractivity (Wildman–Crippen MR) is 67.7 cm³/mol. The number of amides is 1. The molecular weight excluding hydrogens is 234 g/mol. The van der Waals surface area contributed by atoms with Gasteiger partial charge in [-0.05, 0) is 18.6 Å². The lowest BCUT2D eigenvalue weighted by Gasteiger charge is -2.13. The van der Waals surface area contributed by atoms with Crippen molar-refractivity contribution in [1.82, 2.24) is 10.3 Å². The van der Waals surface area contributed by atoms with Crippen molar-refractivity contribution in [3.05, 3.63) is 23.9 Å². The molecule has 18 heavy (non-hydrogen) atoms. The summed E-state index contributed by atoms with van der Waals surface area (Å²) in [6.45, 7) is 1.70. The van der Waals surface area contributed by atoms with Gasteiger partial charge >= 0.3 is 5.97 Å². The van der Waals surface area contributed by atoms with Crippen molar-refractivity contribution in [1.29, 1.82) is 0 Å². The molecule has 0 saturated heterocycles. The van der Waals surface area contributed by atoms with E-state index in [1.54, 1.807) is 19.1 Å². The van der Waals surface area contributed by atoms with E-state index in [4.69, 9.17) is 5.11 Å². The molecule has 1 rings (SSSR count). The molecule has 0 aliphatic carbocycles. The van der Waals surface area contributed by atoms with E-state index in [0.717, 1.165) is 5.82 Å². The van der Waals surface area contributed by atoms with Crippen LogP contribution in [0.2, 0.25) is 0 Å². The minimum atomic E-state index is -1.04. The minimum Gasteiger partial charge on any atom is -0.480 e. The van der Waals surface area contributed by atoms with Crippen molar-refractivity contribution in [3.8, 4) is 0 Å². The van der Waals surface area contributed by atoms with Crippen LogP contribution in [-0.2, 0) is 4.79 Å². The lowest BCUT2D eigenvalue weighted by Crippen LogP contribution is -2.40. The van der Waals surface area contributed by atoms with Crippen molar-refractivity contribution in [2.75, 3.05) is 19.0 Å². The number of pyridine rings is 1. The van der Waals surface area contributed by atoms with Crippen LogP contribution in [-0.4, -0.2) is 42.1 Å². The first-order valence-corrected chi connectivity index (χ1v) is 5.62. The van der Waals surface area contributed by atoms with Crippen LogP contribution in [0.3, 0.4) is 0 Å². The predicted octanol–water partition coefficient (Wildman–Crippen LogP) is 0.741. The number of nitrogens with zero attached hydrogens (tertiary/aromatic N) is 2. The molecule has 1 heterocycles. The third-order valence-electron chi connectivity index (χ3n) is 2.48. The molecular formula is C12H17N3O3. The highest BCUT2D eigenvalue weighted by Gasteiger charge is 2.18. The molecule has 0 aliphatic rings. The summed E-state index contributed by atoms with van der Waals surface area (Å²) >= 11 is 0. The van der Waals surface area contributed by atoms with E-state index in [9.17, 15) is 9.59 Å². The molecule has 0 bridgehead atoms. The highest BCUT2D eigenvalue weighted by atomic mass is 16.4. The van der Waals surface area contributed by atoms with Crippen LogP contribution >= 0.6 is 0 Å². The summed E-state index contributed by atoms with van der Waals surface area (Å²) in [5.41, 5.74) is 0.348. The molecule has 0 spiro atoms. The standard InChI is InChI=1S/C12H17N3O3/c1-4-9(12(17)18)14-11(16)8-5-6-10(13-7-8)15(2)3/h5-7,9H,4H2,1-3H3,(H,14,16)(H,17,18). The molecule has 6 nitrogen and oxygen atoms in total. The van der Waals surface area contributed by atoms with E-state index in [-0.39, 0.29) is 0 Å². The Morgan fingerprint density at radius 2 is 2.11 bits per heavy atom. The highest BCUT2D eigenvalue weighted by Crippen LogP contribution is 2.08. The Morgan fingerprint density at radius 1 is 1.44 bits per heavy atom. The largest absolute Gasteiger partial charge is 0.480 e. The Morgan fingerprint density at radius 3 is 2.50 bits per heavy atom. The number of hydrogen-bond donors (Lipinski definition) is 2. The van der Waals surface area contributed by atoms with E-state index < -0.39 is 17.9 Å². The summed E-state index contributed by atoms with van der Waals surface area (Å²) in [6, 6.07) is 2.45. The lowest BCUT2D eigenvalue weighted by atomic mass is 10.2. The lowest BCUT2D eigenvalue weighted by molar-refractivity contribution is -0.139. The van der Waals surface area contributed by atoms with Crippen molar-refractivity contribution >= 4 is 17.7 Å². The van der Waals surface area contributed by atoms with Crippen LogP contribution in [0.4, 0.5) is 5.82 Å². The minimum absolute atomic E-state index is 0.338. The number of carbonyl (C=O) groups is 2. The number of carbonyl (C=O) groups excluding carboxylic acids is 1. The van der Waals surface area contributed by atoms with Gasteiger partial charge in [0.2, 0.25) is 0 Å². The Labute approximate surface area is 106 Å². The monoisotopic (exact) mass is 251 g/mol. The topological polar surface area (TPSA) is 82.5 Å². The van der Waals surface area contributed by atoms with Gasteiger partial charge in [-0.2, -0.15) is 0 Å². The van der Waals surface area contributed by atoms with Gasteiger partial charge in [0.15, 0.2) is 0 Å². The number of aromatic nitrogens is 1. The van der Waals surface area contributed by atoms with Gasteiger partial charge in [0.25, 0.3) is 5.91 Å². The van der Waals surface area contributed by atoms with Crippen LogP contribution in [0.25, 0.3) is 0 Å². The molecule has 0 radical (unpaired) electrons. The highest BCUT2D eigenvalue weighted by molar-refractivity contribution is 5.96. The Hall–Kier alpha value is -2.11. The second kappa shape index (κ2) is 6.00. The smallest absolute Gasteiger partial charge is 0.326 e. The van der Waals surface area contributed by atoms with Crippen molar-refractivity contribution in [2.24, 2.45) is 0 Å². The summed E-state index contributed by atoms with van der Waals surface area (Å²) in [4.78, 5) is 28.5. The number of carboxylic acid groups (broad SMARTS) is 1. The molecule has 1 amide bonds. The Balaban J connectivity index is 2.75. The van der Waals surface area contributed by atoms with Gasteiger partial charge < -0.3 is 15.3 Å². The second-order valence-corrected chi connectivity index (χ2v) is 4.07. The molecule has 6 heteroatoms. The van der Waals surface area contributed by atoms with E-state index in [0.29, 0.717) is 12.0 Å². The summed E-state index contributed by atoms with van der Waals surface area (Å²) in [5, 5.41) is 11.3. The number of anilines is 1. The number of carboxylic acids is 1. The van der Waals surface area contributed by atoms with Gasteiger partial charge in [-0.15, -0.1) is 0 Å². The summed E-state index contributed by atoms with van der Waals surface area (Å²) in [7, 11) is 3.69. The number of nitrogens with one attached hydrogen (secondary N) is 1. The first-order chi connectivity index (χ1) is 8.45. The molecule has 1 unspecified atom stereocenters. The molecule has 0 fully saturated rings. The SMILES string of the molecule is CCC(NC(=O)c1ccc(N(C)C)nc1)C(=O)O. The fraction of sp³-hybridized carbons (Fsp3) is 0.417. The molecule has 1 atom stereocenters. The zero-order chi connectivity index (χ0) is 13.7. The maximum atomic E-state index is 11.8. The normalized spacial score (nSPS) is 11.7. The van der Waals surface area contributed by atoms with Gasteiger partial charge in [-0.3, -0.25) is 4.79 Å². The molecule has 1 aromatic heterocycles. The van der Waals surface area contributed by atoms with E-state index in [1.807, 2.05) is 19.0 Å². The fourth-order valence-corrected chi connectivity index (χ4v) is 1.36. The average molecular weight is 251 g/mol. The van der Waals surface area contributed by atoms with Gasteiger partial charge in [-0.25, -0.2) is 9.78 Å². The first kappa shape index (κ1) is 14.0. The van der Waals surface area contributed by atoms with E-state index >= 15 is 0 Å². The second-order valence-electron chi connectivity index (χ2n) is 4.07. The van der Waals surface area contributed by atoms with Gasteiger partial charge in [0.05, 0.1) is 5.56 Å². The third kappa shape index (κ3) is 3.44. The van der Waals surface area contributed by atoms with Crippen molar-refractivity contribution < 1.29 is 14.7 Å². The molecule has 1 aromatic rings. The molecule has 0 aromatic carbocycles. The van der Waals surface area contributed by atoms with Crippen molar-refractivity contribution in [3.63, 3.8) is 0 Å². The van der Waals surface area contributed by atoms with Gasteiger partial charge in [-0.1, -0.05) is 6.92 Å². The molecule has 98 valence electrons. The maximum absolute atomic E-state index is 11.8. The third-order valence-corrected chi connectivity index (χ3v) is 2.48. The van der Waals surface area contributed by atoms with E-state index in [2.05, 4.69) is 10.3 Å². The number of hydrogen-bond acceptors (Lipinski definition) is 4. The quantitative estimate of drug-likeness (QED) is 0.806. The van der Waals surface area contributed by atoms with Crippen LogP contribution < -0.4 is 10.2 Å². The molecule has 0 aliphatic heterocycles. The Kier molecular flexibility index (Phi) is 4.65. The van der Waals surface area contributed by atoms with Gasteiger partial charge in [0.1, 0.15) is 11.9 Å². The van der Waals surface area contributed by atoms with Crippen LogP contribution in [0, 0.1) is 0 Å². The number of rotatable bonds is 5. The van der Waals surface area contributed by atoms with Crippen molar-refractivity contribution in [2.45, 2.75) is 19.4 Å². The zero-order valence-electron chi connectivity index (χ0n) is 10.7. The van der Waals surface area contributed by atoms with Gasteiger partial charge in [0, 0.05) is 20.3 Å². The zero-order valence-corrected chi connectivity index (χ0v) is 10.7. The molecule has 0 saturated carbocycles. The van der Waals surface area contributed by atoms with Crippen LogP contribution in [0.5, 0.6) is 0 Å². The average Bonchev–Trinajstić information content (AvgIpc) is 2.35. The van der Waals surface area contributed by atoms with E-state index in [1.165, 1.54) is 6.20 Å². The molecule has 2 N–H and O–H groups in total. The maximum Gasteiger partial charge on any atom is 0.326 e. The first-order valence-electron chi connectivity index (χ1n) is 5.62. The fourth-order valence-electron chi connectivity index (χ4n) is 1.36. The van der Waals surface area contributed by atoms with Crippen LogP contribution in [0.15, 0.2) is 18.3 Å². The van der Waals surface area contributed by atoms with Crippen LogP contribution in [0.1, 0.15) is 23.7 Å². The summed E-state index contributed by atoms with van der Waals surface area (Å²) < 4.78 is 0. The summed E-state index contributed by atoms with van der Waals surface area (Å²) in [5.74, 6) is -0.734. The summed E-state index contributed by atoms with van der Waals surface area (Å²) in [6.07, 6.45) is 1.77. The Bertz CT molecular complexity index is 429.